The van der Waals surface area contributed by atoms with Gasteiger partial charge in [-0.1, -0.05) is 25.8 Å². The van der Waals surface area contributed by atoms with Gasteiger partial charge in [0.25, 0.3) is 0 Å². The van der Waals surface area contributed by atoms with Crippen molar-refractivity contribution in [2.45, 2.75) is 51.8 Å². The zero-order valence-corrected chi connectivity index (χ0v) is 13.3. The summed E-state index contributed by atoms with van der Waals surface area (Å²) in [6, 6.07) is 6.41. The van der Waals surface area contributed by atoms with Crippen molar-refractivity contribution in [2.24, 2.45) is 5.73 Å². The van der Waals surface area contributed by atoms with Gasteiger partial charge in [0, 0.05) is 17.4 Å². The standard InChI is InChI=1S/C16H27NOS/c1-4-6-7-10-19-12-15-11-14(13(3)17)8-9-16(15)18-5-2/h8-9,11,13H,4-7,10,12,17H2,1-3H3. The van der Waals surface area contributed by atoms with Crippen LogP contribution in [0.2, 0.25) is 0 Å². The third kappa shape index (κ3) is 5.87. The molecule has 0 bridgehead atoms. The largest absolute Gasteiger partial charge is 0.494 e. The molecule has 1 aromatic rings. The van der Waals surface area contributed by atoms with Crippen LogP contribution < -0.4 is 10.5 Å². The van der Waals surface area contributed by atoms with Crippen LogP contribution in [0.5, 0.6) is 5.75 Å². The van der Waals surface area contributed by atoms with Gasteiger partial charge in [-0.3, -0.25) is 0 Å². The smallest absolute Gasteiger partial charge is 0.123 e. The minimum atomic E-state index is 0.0829. The van der Waals surface area contributed by atoms with Crippen LogP contribution in [0.25, 0.3) is 0 Å². The first-order chi connectivity index (χ1) is 9.19. The highest BCUT2D eigenvalue weighted by Gasteiger charge is 2.07. The number of hydrogen-bond acceptors (Lipinski definition) is 3. The van der Waals surface area contributed by atoms with Crippen molar-refractivity contribution in [3.63, 3.8) is 0 Å². The molecule has 0 saturated heterocycles. The Balaban J connectivity index is 2.63. The van der Waals surface area contributed by atoms with Gasteiger partial charge < -0.3 is 10.5 Å². The van der Waals surface area contributed by atoms with Crippen molar-refractivity contribution in [2.75, 3.05) is 12.4 Å². The Labute approximate surface area is 122 Å². The lowest BCUT2D eigenvalue weighted by atomic mass is 10.1. The third-order valence-electron chi connectivity index (χ3n) is 3.06. The first-order valence-electron chi connectivity index (χ1n) is 7.28. The summed E-state index contributed by atoms with van der Waals surface area (Å²) in [7, 11) is 0. The highest BCUT2D eigenvalue weighted by Crippen LogP contribution is 2.27. The maximum Gasteiger partial charge on any atom is 0.123 e. The molecule has 0 aliphatic carbocycles. The Kier molecular flexibility index (Phi) is 7.99. The normalized spacial score (nSPS) is 12.4. The van der Waals surface area contributed by atoms with Crippen molar-refractivity contribution in [1.82, 2.24) is 0 Å². The number of rotatable bonds is 9. The zero-order chi connectivity index (χ0) is 14.1. The fraction of sp³-hybridized carbons (Fsp3) is 0.625. The van der Waals surface area contributed by atoms with Crippen LogP contribution >= 0.6 is 11.8 Å². The van der Waals surface area contributed by atoms with E-state index in [1.807, 2.05) is 25.6 Å². The maximum atomic E-state index is 5.95. The molecule has 0 fully saturated rings. The van der Waals surface area contributed by atoms with Crippen LogP contribution in [-0.2, 0) is 5.75 Å². The lowest BCUT2D eigenvalue weighted by Gasteiger charge is -2.13. The fourth-order valence-corrected chi connectivity index (χ4v) is 2.93. The monoisotopic (exact) mass is 281 g/mol. The van der Waals surface area contributed by atoms with E-state index < -0.39 is 0 Å². The Bertz CT molecular complexity index is 366. The summed E-state index contributed by atoms with van der Waals surface area (Å²) in [5.41, 5.74) is 8.42. The molecule has 19 heavy (non-hydrogen) atoms. The Hall–Kier alpha value is -0.670. The molecular formula is C16H27NOS. The fourth-order valence-electron chi connectivity index (χ4n) is 1.93. The Morgan fingerprint density at radius 1 is 1.26 bits per heavy atom. The third-order valence-corrected chi connectivity index (χ3v) is 4.15. The molecule has 1 atom stereocenters. The molecule has 0 aliphatic rings. The van der Waals surface area contributed by atoms with Crippen LogP contribution in [0.4, 0.5) is 0 Å². The number of ether oxygens (including phenoxy) is 1. The number of benzene rings is 1. The molecular weight excluding hydrogens is 254 g/mol. The number of thioether (sulfide) groups is 1. The van der Waals surface area contributed by atoms with E-state index >= 15 is 0 Å². The maximum absolute atomic E-state index is 5.95. The summed E-state index contributed by atoms with van der Waals surface area (Å²) >= 11 is 1.99. The van der Waals surface area contributed by atoms with Gasteiger partial charge in [0.05, 0.1) is 6.61 Å². The van der Waals surface area contributed by atoms with Crippen molar-refractivity contribution >= 4 is 11.8 Å². The number of hydrogen-bond donors (Lipinski definition) is 1. The lowest BCUT2D eigenvalue weighted by Crippen LogP contribution is -2.06. The molecule has 0 saturated carbocycles. The average molecular weight is 281 g/mol. The molecule has 0 heterocycles. The van der Waals surface area contributed by atoms with Crippen molar-refractivity contribution in [3.8, 4) is 5.75 Å². The summed E-state index contributed by atoms with van der Waals surface area (Å²) in [4.78, 5) is 0. The van der Waals surface area contributed by atoms with E-state index in [9.17, 15) is 0 Å². The van der Waals surface area contributed by atoms with Crippen LogP contribution in [-0.4, -0.2) is 12.4 Å². The zero-order valence-electron chi connectivity index (χ0n) is 12.4. The van der Waals surface area contributed by atoms with E-state index in [0.29, 0.717) is 6.61 Å². The molecule has 108 valence electrons. The predicted octanol–water partition coefficient (Wildman–Crippen LogP) is 4.53. The quantitative estimate of drug-likeness (QED) is 0.675. The highest BCUT2D eigenvalue weighted by atomic mass is 32.2. The highest BCUT2D eigenvalue weighted by molar-refractivity contribution is 7.98. The summed E-state index contributed by atoms with van der Waals surface area (Å²) < 4.78 is 5.70. The molecule has 0 aliphatic heterocycles. The number of unbranched alkanes of at least 4 members (excludes halogenated alkanes) is 2. The van der Waals surface area contributed by atoms with E-state index in [1.54, 1.807) is 0 Å². The molecule has 1 unspecified atom stereocenters. The van der Waals surface area contributed by atoms with Gasteiger partial charge in [0.1, 0.15) is 5.75 Å². The van der Waals surface area contributed by atoms with Crippen LogP contribution in [0.1, 0.15) is 57.2 Å². The molecule has 0 radical (unpaired) electrons. The van der Waals surface area contributed by atoms with Crippen molar-refractivity contribution in [1.29, 1.82) is 0 Å². The summed E-state index contributed by atoms with van der Waals surface area (Å²) in [6.07, 6.45) is 3.91. The van der Waals surface area contributed by atoms with E-state index in [4.69, 9.17) is 10.5 Å². The van der Waals surface area contributed by atoms with Gasteiger partial charge in [-0.05, 0) is 43.7 Å². The Morgan fingerprint density at radius 3 is 2.68 bits per heavy atom. The van der Waals surface area contributed by atoms with Gasteiger partial charge >= 0.3 is 0 Å². The Morgan fingerprint density at radius 2 is 2.05 bits per heavy atom. The van der Waals surface area contributed by atoms with Gasteiger partial charge in [0.2, 0.25) is 0 Å². The first kappa shape index (κ1) is 16.4. The second kappa shape index (κ2) is 9.27. The summed E-state index contributed by atoms with van der Waals surface area (Å²) in [5, 5.41) is 0. The van der Waals surface area contributed by atoms with Crippen LogP contribution in [0.15, 0.2) is 18.2 Å². The predicted molar refractivity (Wildman–Crippen MR) is 85.9 cm³/mol. The second-order valence-electron chi connectivity index (χ2n) is 4.85. The summed E-state index contributed by atoms with van der Waals surface area (Å²) in [5.74, 6) is 3.25. The van der Waals surface area contributed by atoms with Gasteiger partial charge in [0.15, 0.2) is 0 Å². The minimum absolute atomic E-state index is 0.0829. The van der Waals surface area contributed by atoms with Gasteiger partial charge in [-0.25, -0.2) is 0 Å². The molecule has 0 spiro atoms. The van der Waals surface area contributed by atoms with E-state index in [-0.39, 0.29) is 6.04 Å². The van der Waals surface area contributed by atoms with E-state index in [0.717, 1.165) is 11.5 Å². The first-order valence-corrected chi connectivity index (χ1v) is 8.43. The second-order valence-corrected chi connectivity index (χ2v) is 5.95. The van der Waals surface area contributed by atoms with Crippen molar-refractivity contribution < 1.29 is 4.74 Å². The summed E-state index contributed by atoms with van der Waals surface area (Å²) in [6.45, 7) is 7.00. The molecule has 1 aromatic carbocycles. The molecule has 2 nitrogen and oxygen atoms in total. The van der Waals surface area contributed by atoms with Gasteiger partial charge in [-0.15, -0.1) is 0 Å². The average Bonchev–Trinajstić information content (AvgIpc) is 2.40. The molecule has 2 N–H and O–H groups in total. The van der Waals surface area contributed by atoms with Crippen LogP contribution in [0, 0.1) is 0 Å². The topological polar surface area (TPSA) is 35.2 Å². The van der Waals surface area contributed by atoms with E-state index in [2.05, 4.69) is 25.1 Å². The minimum Gasteiger partial charge on any atom is -0.494 e. The number of nitrogens with two attached hydrogens (primary N) is 1. The SMILES string of the molecule is CCCCCSCc1cc(C(C)N)ccc1OCC. The van der Waals surface area contributed by atoms with E-state index in [1.165, 1.54) is 36.1 Å². The van der Waals surface area contributed by atoms with Crippen LogP contribution in [0.3, 0.4) is 0 Å². The van der Waals surface area contributed by atoms with Crippen molar-refractivity contribution in [3.05, 3.63) is 29.3 Å². The molecule has 0 aromatic heterocycles. The van der Waals surface area contributed by atoms with Gasteiger partial charge in [-0.2, -0.15) is 11.8 Å². The molecule has 0 amide bonds. The lowest BCUT2D eigenvalue weighted by molar-refractivity contribution is 0.337. The molecule has 1 rings (SSSR count). The molecule has 3 heteroatoms.